The fraction of sp³-hybridized carbons (Fsp3) is 0.714. The number of anilines is 1. The normalized spacial score (nSPS) is 27.4. The molecule has 3 aliphatic heterocycles. The smallest absolute Gasteiger partial charge is 0.233 e. The second-order valence-electron chi connectivity index (χ2n) is 8.43. The number of hydrogen-bond acceptors (Lipinski definition) is 4. The molecule has 3 fully saturated rings. The third kappa shape index (κ3) is 4.84. The topological polar surface area (TPSA) is 52.7 Å². The van der Waals surface area contributed by atoms with E-state index in [1.54, 1.807) is 0 Å². The van der Waals surface area contributed by atoms with Crippen LogP contribution in [0.1, 0.15) is 63.0 Å². The van der Waals surface area contributed by atoms with Gasteiger partial charge in [0.1, 0.15) is 0 Å². The Morgan fingerprint density at radius 2 is 1.63 bits per heavy atom. The maximum absolute atomic E-state index is 12.4. The van der Waals surface area contributed by atoms with E-state index in [9.17, 15) is 8.42 Å². The number of benzene rings is 1. The maximum atomic E-state index is 12.4. The Hall–Kier alpha value is -1.11. The molecule has 2 atom stereocenters. The number of sulfonamides is 1. The minimum atomic E-state index is -3.29. The molecule has 4 rings (SSSR count). The minimum Gasteiger partial charge on any atom is -0.302 e. The van der Waals surface area contributed by atoms with Crippen LogP contribution in [0.25, 0.3) is 0 Å². The van der Waals surface area contributed by atoms with Crippen LogP contribution < -0.4 is 4.72 Å². The van der Waals surface area contributed by atoms with Gasteiger partial charge in [-0.3, -0.25) is 9.62 Å². The van der Waals surface area contributed by atoms with Crippen LogP contribution in [0.15, 0.2) is 24.3 Å². The van der Waals surface area contributed by atoms with E-state index >= 15 is 0 Å². The second kappa shape index (κ2) is 8.50. The molecule has 0 radical (unpaired) electrons. The molecule has 1 N–H and O–H groups in total. The third-order valence-electron chi connectivity index (χ3n) is 6.54. The summed E-state index contributed by atoms with van der Waals surface area (Å²) in [4.78, 5) is 4.93. The molecule has 27 heavy (non-hydrogen) atoms. The van der Waals surface area contributed by atoms with Crippen molar-refractivity contribution in [3.05, 3.63) is 29.8 Å². The van der Waals surface area contributed by atoms with Crippen molar-refractivity contribution in [3.8, 4) is 0 Å². The van der Waals surface area contributed by atoms with E-state index in [0.29, 0.717) is 18.3 Å². The molecule has 6 heteroatoms. The molecule has 0 spiro atoms. The van der Waals surface area contributed by atoms with Crippen LogP contribution in [0.5, 0.6) is 0 Å². The van der Waals surface area contributed by atoms with Crippen molar-refractivity contribution in [3.63, 3.8) is 0 Å². The molecule has 3 saturated heterocycles. The summed E-state index contributed by atoms with van der Waals surface area (Å²) in [7, 11) is -3.29. The first-order valence-corrected chi connectivity index (χ1v) is 12.3. The van der Waals surface area contributed by atoms with Gasteiger partial charge in [-0.15, -0.1) is 0 Å². The lowest BCUT2D eigenvalue weighted by Gasteiger charge is -2.34. The highest BCUT2D eigenvalue weighted by atomic mass is 32.2. The standard InChI is InChI=1S/C21H33N3O2S/c25-27(26,17-16-23-13-3-1-4-14-23)22-19-9-7-18(8-10-19)21-12-11-20-6-2-5-15-24(20)21/h7-10,20-22H,1-6,11-17H2/t20-,21-/m1/s1. The van der Waals surface area contributed by atoms with Crippen molar-refractivity contribution < 1.29 is 8.42 Å². The molecule has 5 nitrogen and oxygen atoms in total. The van der Waals surface area contributed by atoms with Crippen LogP contribution >= 0.6 is 0 Å². The molecular formula is C21H33N3O2S. The summed E-state index contributed by atoms with van der Waals surface area (Å²) >= 11 is 0. The van der Waals surface area contributed by atoms with Gasteiger partial charge in [0.05, 0.1) is 5.75 Å². The van der Waals surface area contributed by atoms with Crippen LogP contribution in [0.2, 0.25) is 0 Å². The number of hydrogen-bond donors (Lipinski definition) is 1. The number of fused-ring (bicyclic) bond motifs is 1. The van der Waals surface area contributed by atoms with Gasteiger partial charge in [0.2, 0.25) is 10.0 Å². The van der Waals surface area contributed by atoms with Crippen LogP contribution in [-0.2, 0) is 10.0 Å². The Bertz CT molecular complexity index is 713. The van der Waals surface area contributed by atoms with Gasteiger partial charge in [-0.25, -0.2) is 8.42 Å². The average Bonchev–Trinajstić information content (AvgIpc) is 3.12. The molecule has 0 unspecified atom stereocenters. The summed E-state index contributed by atoms with van der Waals surface area (Å²) in [6.45, 7) is 3.90. The molecule has 3 aliphatic rings. The predicted molar refractivity (Wildman–Crippen MR) is 110 cm³/mol. The van der Waals surface area contributed by atoms with E-state index in [2.05, 4.69) is 26.7 Å². The predicted octanol–water partition coefficient (Wildman–Crippen LogP) is 3.60. The van der Waals surface area contributed by atoms with Crippen molar-refractivity contribution in [1.29, 1.82) is 0 Å². The van der Waals surface area contributed by atoms with E-state index < -0.39 is 10.0 Å². The zero-order chi connectivity index (χ0) is 18.7. The number of likely N-dealkylation sites (tertiary alicyclic amines) is 1. The van der Waals surface area contributed by atoms with Crippen molar-refractivity contribution in [1.82, 2.24) is 9.80 Å². The van der Waals surface area contributed by atoms with Gasteiger partial charge in [0, 0.05) is 24.3 Å². The maximum Gasteiger partial charge on any atom is 0.233 e. The third-order valence-corrected chi connectivity index (χ3v) is 7.81. The van der Waals surface area contributed by atoms with Crippen LogP contribution in [-0.4, -0.2) is 56.2 Å². The zero-order valence-electron chi connectivity index (χ0n) is 16.3. The average molecular weight is 392 g/mol. The lowest BCUT2D eigenvalue weighted by molar-refractivity contribution is 0.150. The molecule has 0 amide bonds. The number of piperidine rings is 2. The van der Waals surface area contributed by atoms with E-state index in [1.165, 1.54) is 63.5 Å². The van der Waals surface area contributed by atoms with Crippen molar-refractivity contribution in [2.45, 2.75) is 63.5 Å². The molecular weight excluding hydrogens is 358 g/mol. The highest BCUT2D eigenvalue weighted by molar-refractivity contribution is 7.92. The van der Waals surface area contributed by atoms with E-state index in [-0.39, 0.29) is 5.75 Å². The molecule has 1 aromatic carbocycles. The van der Waals surface area contributed by atoms with Crippen molar-refractivity contribution >= 4 is 15.7 Å². The van der Waals surface area contributed by atoms with Gasteiger partial charge < -0.3 is 4.90 Å². The molecule has 0 bridgehead atoms. The first kappa shape index (κ1) is 19.2. The van der Waals surface area contributed by atoms with Gasteiger partial charge in [-0.1, -0.05) is 25.0 Å². The van der Waals surface area contributed by atoms with Crippen LogP contribution in [0, 0.1) is 0 Å². The van der Waals surface area contributed by atoms with Gasteiger partial charge >= 0.3 is 0 Å². The molecule has 150 valence electrons. The first-order valence-electron chi connectivity index (χ1n) is 10.7. The number of rotatable bonds is 6. The van der Waals surface area contributed by atoms with Crippen molar-refractivity contribution in [2.75, 3.05) is 36.7 Å². The minimum absolute atomic E-state index is 0.173. The van der Waals surface area contributed by atoms with Gasteiger partial charge in [-0.05, 0) is 75.9 Å². The molecule has 0 saturated carbocycles. The summed E-state index contributed by atoms with van der Waals surface area (Å²) in [6.07, 6.45) is 10.2. The van der Waals surface area contributed by atoms with Gasteiger partial charge in [0.25, 0.3) is 0 Å². The zero-order valence-corrected chi connectivity index (χ0v) is 17.1. The summed E-state index contributed by atoms with van der Waals surface area (Å²) in [5, 5.41) is 0. The number of nitrogens with zero attached hydrogens (tertiary/aromatic N) is 2. The summed E-state index contributed by atoms with van der Waals surface area (Å²) in [5.74, 6) is 0.173. The van der Waals surface area contributed by atoms with Gasteiger partial charge in [0.15, 0.2) is 0 Å². The molecule has 3 heterocycles. The monoisotopic (exact) mass is 391 g/mol. The Labute approximate surface area is 164 Å². The lowest BCUT2D eigenvalue weighted by atomic mass is 10.0. The highest BCUT2D eigenvalue weighted by Crippen LogP contribution is 2.40. The van der Waals surface area contributed by atoms with Crippen LogP contribution in [0.3, 0.4) is 0 Å². The Kier molecular flexibility index (Phi) is 6.05. The number of nitrogens with one attached hydrogen (secondary N) is 1. The summed E-state index contributed by atoms with van der Waals surface area (Å²) < 4.78 is 27.6. The fourth-order valence-electron chi connectivity index (χ4n) is 5.05. The van der Waals surface area contributed by atoms with Crippen LogP contribution in [0.4, 0.5) is 5.69 Å². The largest absolute Gasteiger partial charge is 0.302 e. The SMILES string of the molecule is O=S(=O)(CCN1CCCCC1)Nc1ccc([C@H]2CC[C@H]3CCCCN32)cc1. The van der Waals surface area contributed by atoms with Crippen molar-refractivity contribution in [2.24, 2.45) is 0 Å². The summed E-state index contributed by atoms with van der Waals surface area (Å²) in [5.41, 5.74) is 2.02. The van der Waals surface area contributed by atoms with E-state index in [1.807, 2.05) is 12.1 Å². The Morgan fingerprint density at radius 1 is 0.889 bits per heavy atom. The quantitative estimate of drug-likeness (QED) is 0.805. The molecule has 0 aliphatic carbocycles. The lowest BCUT2D eigenvalue weighted by Crippen LogP contribution is -2.35. The second-order valence-corrected chi connectivity index (χ2v) is 10.3. The van der Waals surface area contributed by atoms with E-state index in [0.717, 1.165) is 19.1 Å². The Balaban J connectivity index is 1.33. The Morgan fingerprint density at radius 3 is 2.41 bits per heavy atom. The first-order chi connectivity index (χ1) is 13.1. The molecule has 0 aromatic heterocycles. The molecule has 1 aromatic rings. The highest BCUT2D eigenvalue weighted by Gasteiger charge is 2.35. The summed E-state index contributed by atoms with van der Waals surface area (Å²) in [6, 6.07) is 9.38. The van der Waals surface area contributed by atoms with Gasteiger partial charge in [-0.2, -0.15) is 0 Å². The fourth-order valence-corrected chi connectivity index (χ4v) is 6.15. The van der Waals surface area contributed by atoms with E-state index in [4.69, 9.17) is 0 Å².